The van der Waals surface area contributed by atoms with Crippen molar-refractivity contribution in [1.82, 2.24) is 14.5 Å². The van der Waals surface area contributed by atoms with Gasteiger partial charge in [-0.3, -0.25) is 9.55 Å². The summed E-state index contributed by atoms with van der Waals surface area (Å²) in [5, 5.41) is 0. The van der Waals surface area contributed by atoms with Gasteiger partial charge in [0.05, 0.1) is 5.52 Å². The standard InChI is InChI=1S/C7H7N3O.2ClH/c1-10-5-3-2-4-8-6(5)9-7(10)11;;/h2-4H,1H3,(H,8,9,11);2*1H. The average molecular weight is 222 g/mol. The van der Waals surface area contributed by atoms with Crippen molar-refractivity contribution in [3.63, 3.8) is 0 Å². The molecule has 0 bridgehead atoms. The highest BCUT2D eigenvalue weighted by molar-refractivity contribution is 5.85. The van der Waals surface area contributed by atoms with Crippen molar-refractivity contribution in [3.05, 3.63) is 28.8 Å². The molecule has 1 N–H and O–H groups in total. The number of nitrogens with one attached hydrogen (secondary N) is 1. The van der Waals surface area contributed by atoms with Gasteiger partial charge in [0.2, 0.25) is 0 Å². The number of halogens is 2. The predicted molar refractivity (Wildman–Crippen MR) is 55.8 cm³/mol. The van der Waals surface area contributed by atoms with Gasteiger partial charge in [0.1, 0.15) is 0 Å². The Morgan fingerprint density at radius 2 is 2.15 bits per heavy atom. The fraction of sp³-hybridized carbons (Fsp3) is 0.143. The predicted octanol–water partition coefficient (Wildman–Crippen LogP) is 1.11. The van der Waals surface area contributed by atoms with Gasteiger partial charge in [-0.1, -0.05) is 0 Å². The van der Waals surface area contributed by atoms with Crippen molar-refractivity contribution >= 4 is 36.0 Å². The first-order valence-electron chi connectivity index (χ1n) is 3.29. The van der Waals surface area contributed by atoms with Crippen LogP contribution < -0.4 is 5.69 Å². The molecule has 2 heterocycles. The molecule has 72 valence electrons. The quantitative estimate of drug-likeness (QED) is 0.725. The zero-order chi connectivity index (χ0) is 7.84. The highest BCUT2D eigenvalue weighted by Gasteiger charge is 2.00. The summed E-state index contributed by atoms with van der Waals surface area (Å²) in [6, 6.07) is 3.65. The van der Waals surface area contributed by atoms with Gasteiger partial charge in [0, 0.05) is 13.2 Å². The van der Waals surface area contributed by atoms with Gasteiger partial charge in [0.15, 0.2) is 5.65 Å². The van der Waals surface area contributed by atoms with Crippen molar-refractivity contribution in [2.24, 2.45) is 7.05 Å². The Balaban J connectivity index is 0.000000720. The number of rotatable bonds is 0. The number of imidazole rings is 1. The molecule has 0 saturated heterocycles. The van der Waals surface area contributed by atoms with Crippen molar-refractivity contribution in [3.8, 4) is 0 Å². The number of aromatic amines is 1. The van der Waals surface area contributed by atoms with E-state index in [2.05, 4.69) is 9.97 Å². The Morgan fingerprint density at radius 3 is 2.77 bits per heavy atom. The molecule has 0 radical (unpaired) electrons. The fourth-order valence-electron chi connectivity index (χ4n) is 1.06. The largest absolute Gasteiger partial charge is 0.327 e. The van der Waals surface area contributed by atoms with Crippen LogP contribution in [0.15, 0.2) is 23.1 Å². The van der Waals surface area contributed by atoms with E-state index in [4.69, 9.17) is 0 Å². The van der Waals surface area contributed by atoms with Crippen LogP contribution in [0.1, 0.15) is 0 Å². The lowest BCUT2D eigenvalue weighted by atomic mass is 10.4. The van der Waals surface area contributed by atoms with Crippen LogP contribution in [0.3, 0.4) is 0 Å². The van der Waals surface area contributed by atoms with Crippen LogP contribution >= 0.6 is 24.8 Å². The first kappa shape index (κ1) is 12.0. The second kappa shape index (κ2) is 4.30. The van der Waals surface area contributed by atoms with E-state index in [1.807, 2.05) is 6.07 Å². The third-order valence-electron chi connectivity index (χ3n) is 1.68. The molecule has 0 fully saturated rings. The van der Waals surface area contributed by atoms with Crippen molar-refractivity contribution in [1.29, 1.82) is 0 Å². The number of aryl methyl sites for hydroxylation is 1. The molecule has 0 saturated carbocycles. The minimum Gasteiger partial charge on any atom is -0.294 e. The Kier molecular flexibility index (Phi) is 3.97. The molecule has 0 spiro atoms. The van der Waals surface area contributed by atoms with Crippen molar-refractivity contribution < 1.29 is 0 Å². The van der Waals surface area contributed by atoms with Crippen LogP contribution in [0.2, 0.25) is 0 Å². The number of hydrogen-bond donors (Lipinski definition) is 1. The molecule has 6 heteroatoms. The summed E-state index contributed by atoms with van der Waals surface area (Å²) in [6.07, 6.45) is 1.65. The maximum atomic E-state index is 11.0. The van der Waals surface area contributed by atoms with Crippen LogP contribution in [0, 0.1) is 0 Å². The van der Waals surface area contributed by atoms with Gasteiger partial charge in [-0.05, 0) is 12.1 Å². The van der Waals surface area contributed by atoms with Gasteiger partial charge >= 0.3 is 5.69 Å². The Bertz CT molecular complexity index is 448. The number of nitrogens with zero attached hydrogens (tertiary/aromatic N) is 2. The number of hydrogen-bond acceptors (Lipinski definition) is 2. The molecule has 4 nitrogen and oxygen atoms in total. The summed E-state index contributed by atoms with van der Waals surface area (Å²) in [5.74, 6) is 0. The van der Waals surface area contributed by atoms with Crippen molar-refractivity contribution in [2.75, 3.05) is 0 Å². The van der Waals surface area contributed by atoms with Gasteiger partial charge < -0.3 is 0 Å². The van der Waals surface area contributed by atoms with Gasteiger partial charge in [-0.2, -0.15) is 0 Å². The van der Waals surface area contributed by atoms with Crippen LogP contribution in [0.5, 0.6) is 0 Å². The lowest BCUT2D eigenvalue weighted by Crippen LogP contribution is -2.11. The summed E-state index contributed by atoms with van der Waals surface area (Å²) in [7, 11) is 1.71. The number of aromatic nitrogens is 3. The Labute approximate surface area is 86.8 Å². The minimum absolute atomic E-state index is 0. The lowest BCUT2D eigenvalue weighted by molar-refractivity contribution is 0.891. The molecule has 2 aromatic heterocycles. The van der Waals surface area contributed by atoms with Crippen LogP contribution in [-0.2, 0) is 7.05 Å². The second-order valence-electron chi connectivity index (χ2n) is 2.36. The topological polar surface area (TPSA) is 50.7 Å². The summed E-state index contributed by atoms with van der Waals surface area (Å²) in [4.78, 5) is 17.6. The summed E-state index contributed by atoms with van der Waals surface area (Å²) < 4.78 is 1.53. The maximum Gasteiger partial charge on any atom is 0.327 e. The minimum atomic E-state index is -0.126. The van der Waals surface area contributed by atoms with E-state index in [1.165, 1.54) is 4.57 Å². The van der Waals surface area contributed by atoms with E-state index in [9.17, 15) is 4.79 Å². The molecule has 2 aromatic rings. The van der Waals surface area contributed by atoms with Gasteiger partial charge in [-0.15, -0.1) is 24.8 Å². The van der Waals surface area contributed by atoms with Gasteiger partial charge in [-0.25, -0.2) is 9.78 Å². The monoisotopic (exact) mass is 221 g/mol. The van der Waals surface area contributed by atoms with E-state index in [-0.39, 0.29) is 30.5 Å². The number of H-pyrrole nitrogens is 1. The summed E-state index contributed by atoms with van der Waals surface area (Å²) in [5.41, 5.74) is 1.34. The van der Waals surface area contributed by atoms with E-state index < -0.39 is 0 Å². The molecule has 2 rings (SSSR count). The summed E-state index contributed by atoms with van der Waals surface area (Å²) >= 11 is 0. The van der Waals surface area contributed by atoms with Crippen LogP contribution in [0.4, 0.5) is 0 Å². The lowest BCUT2D eigenvalue weighted by Gasteiger charge is -1.88. The van der Waals surface area contributed by atoms with Gasteiger partial charge in [0.25, 0.3) is 0 Å². The molecule has 0 aromatic carbocycles. The zero-order valence-electron chi connectivity index (χ0n) is 6.85. The SMILES string of the molecule is Cl.Cl.Cn1c(=O)[nH]c2ncccc21. The molecule has 0 unspecified atom stereocenters. The number of pyridine rings is 1. The second-order valence-corrected chi connectivity index (χ2v) is 2.36. The molecular weight excluding hydrogens is 213 g/mol. The molecular formula is C7H9Cl2N3O. The normalized spacial score (nSPS) is 9.00. The molecule has 0 aliphatic heterocycles. The molecule has 0 atom stereocenters. The number of fused-ring (bicyclic) bond motifs is 1. The molecule has 0 amide bonds. The Morgan fingerprint density at radius 1 is 1.46 bits per heavy atom. The van der Waals surface area contributed by atoms with Crippen LogP contribution in [-0.4, -0.2) is 14.5 Å². The highest BCUT2D eigenvalue weighted by atomic mass is 35.5. The van der Waals surface area contributed by atoms with E-state index in [0.29, 0.717) is 5.65 Å². The average Bonchev–Trinajstić information content (AvgIpc) is 2.30. The molecule has 13 heavy (non-hydrogen) atoms. The summed E-state index contributed by atoms with van der Waals surface area (Å²) in [6.45, 7) is 0. The third kappa shape index (κ3) is 1.84. The van der Waals surface area contributed by atoms with Crippen LogP contribution in [0.25, 0.3) is 11.2 Å². The zero-order valence-corrected chi connectivity index (χ0v) is 8.48. The van der Waals surface area contributed by atoms with E-state index in [0.717, 1.165) is 5.52 Å². The van der Waals surface area contributed by atoms with E-state index >= 15 is 0 Å². The smallest absolute Gasteiger partial charge is 0.294 e. The first-order chi connectivity index (χ1) is 5.29. The highest BCUT2D eigenvalue weighted by Crippen LogP contribution is 2.02. The maximum absolute atomic E-state index is 11.0. The Hall–Kier alpha value is -1.00. The van der Waals surface area contributed by atoms with E-state index in [1.54, 1.807) is 19.3 Å². The molecule has 0 aliphatic carbocycles. The first-order valence-corrected chi connectivity index (χ1v) is 3.29. The third-order valence-corrected chi connectivity index (χ3v) is 1.68. The van der Waals surface area contributed by atoms with Crippen molar-refractivity contribution in [2.45, 2.75) is 0 Å². The molecule has 0 aliphatic rings. The fourth-order valence-corrected chi connectivity index (χ4v) is 1.06.